The minimum atomic E-state index is 0.517. The van der Waals surface area contributed by atoms with Gasteiger partial charge in [-0.1, -0.05) is 40.6 Å². The summed E-state index contributed by atoms with van der Waals surface area (Å²) in [6.07, 6.45) is 5.53. The van der Waals surface area contributed by atoms with Gasteiger partial charge in [0.25, 0.3) is 0 Å². The second kappa shape index (κ2) is 14.4. The average molecular weight is 562 g/mol. The Balaban J connectivity index is 0.000000169. The first kappa shape index (κ1) is 28.2. The van der Waals surface area contributed by atoms with Crippen molar-refractivity contribution in [3.8, 4) is 34.3 Å². The van der Waals surface area contributed by atoms with Crippen molar-refractivity contribution in [3.63, 3.8) is 0 Å². The maximum Gasteiger partial charge on any atom is 0.223 e. The molecule has 0 aliphatic rings. The van der Waals surface area contributed by atoms with Gasteiger partial charge in [-0.15, -0.1) is 0 Å². The predicted molar refractivity (Wildman–Crippen MR) is 158 cm³/mol. The normalized spacial score (nSPS) is 10.5. The van der Waals surface area contributed by atoms with E-state index in [2.05, 4.69) is 49.5 Å². The molecule has 9 heteroatoms. The molecule has 9 nitrogen and oxygen atoms in total. The van der Waals surface area contributed by atoms with Crippen LogP contribution in [0, 0.1) is 13.8 Å². The Labute approximate surface area is 244 Å². The number of benzene rings is 3. The fourth-order valence-corrected chi connectivity index (χ4v) is 3.99. The first-order valence-electron chi connectivity index (χ1n) is 13.6. The molecule has 0 amide bonds. The van der Waals surface area contributed by atoms with Crippen molar-refractivity contribution in [2.75, 3.05) is 6.61 Å². The number of hydrogen-bond donors (Lipinski definition) is 0. The molecule has 212 valence electrons. The van der Waals surface area contributed by atoms with Crippen molar-refractivity contribution in [2.45, 2.75) is 33.3 Å². The largest absolute Gasteiger partial charge is 0.494 e. The second-order valence-electron chi connectivity index (χ2n) is 9.40. The van der Waals surface area contributed by atoms with Crippen LogP contribution in [0.3, 0.4) is 0 Å². The summed E-state index contributed by atoms with van der Waals surface area (Å²) in [7, 11) is 0. The summed E-state index contributed by atoms with van der Waals surface area (Å²) < 4.78 is 21.4. The zero-order valence-corrected chi connectivity index (χ0v) is 23.5. The van der Waals surface area contributed by atoms with Crippen LogP contribution >= 0.6 is 0 Å². The van der Waals surface area contributed by atoms with Gasteiger partial charge in [0.1, 0.15) is 18.1 Å². The van der Waals surface area contributed by atoms with Crippen LogP contribution in [0.2, 0.25) is 0 Å². The molecule has 3 heterocycles. The fraction of sp³-hybridized carbons (Fsp3) is 0.182. The standard InChI is InChI=1S/C18H18N2O2.C15H13N3O2/c1-14-19-18(20-22-14)16-9-11-17(12-10-16)21-13-5-8-15-6-3-2-4-7-15;1-11-17-15(18-20-11)13-2-4-14(5-3-13)19-10-12-6-8-16-9-7-12/h2-4,6-7,9-12H,5,8,13H2,1H3;2-9H,10H2,1H3. The molecule has 0 fully saturated rings. The Kier molecular flexibility index (Phi) is 9.65. The van der Waals surface area contributed by atoms with Crippen molar-refractivity contribution >= 4 is 0 Å². The number of nitrogens with zero attached hydrogens (tertiary/aromatic N) is 5. The Morgan fingerprint density at radius 3 is 1.67 bits per heavy atom. The highest BCUT2D eigenvalue weighted by molar-refractivity contribution is 5.56. The third-order valence-electron chi connectivity index (χ3n) is 6.16. The van der Waals surface area contributed by atoms with E-state index < -0.39 is 0 Å². The molecule has 0 saturated carbocycles. The zero-order valence-electron chi connectivity index (χ0n) is 23.5. The molecule has 0 unspecified atom stereocenters. The molecule has 0 aliphatic heterocycles. The molecule has 42 heavy (non-hydrogen) atoms. The Morgan fingerprint density at radius 2 is 1.14 bits per heavy atom. The van der Waals surface area contributed by atoms with Gasteiger partial charge >= 0.3 is 0 Å². The van der Waals surface area contributed by atoms with Gasteiger partial charge in [-0.05, 0) is 84.6 Å². The van der Waals surface area contributed by atoms with Gasteiger partial charge in [-0.25, -0.2) is 0 Å². The molecule has 0 spiro atoms. The second-order valence-corrected chi connectivity index (χ2v) is 9.40. The SMILES string of the molecule is Cc1nc(-c2ccc(OCCCc3ccccc3)cc2)no1.Cc1nc(-c2ccc(OCc3ccncc3)cc2)no1. The van der Waals surface area contributed by atoms with Gasteiger partial charge in [0.05, 0.1) is 6.61 Å². The van der Waals surface area contributed by atoms with E-state index in [0.29, 0.717) is 36.6 Å². The van der Waals surface area contributed by atoms with Crippen LogP contribution in [0.25, 0.3) is 22.8 Å². The average Bonchev–Trinajstić information content (AvgIpc) is 3.68. The number of hydrogen-bond acceptors (Lipinski definition) is 9. The van der Waals surface area contributed by atoms with Crippen LogP contribution in [0.1, 0.15) is 29.3 Å². The lowest BCUT2D eigenvalue weighted by molar-refractivity contribution is 0.306. The van der Waals surface area contributed by atoms with Gasteiger partial charge in [0.15, 0.2) is 0 Å². The number of aromatic nitrogens is 5. The van der Waals surface area contributed by atoms with Gasteiger partial charge in [0.2, 0.25) is 23.4 Å². The Morgan fingerprint density at radius 1 is 0.595 bits per heavy atom. The van der Waals surface area contributed by atoms with E-state index in [9.17, 15) is 0 Å². The van der Waals surface area contributed by atoms with Gasteiger partial charge in [-0.3, -0.25) is 4.98 Å². The van der Waals surface area contributed by atoms with E-state index in [0.717, 1.165) is 41.0 Å². The Bertz CT molecular complexity index is 1630. The predicted octanol–water partition coefficient (Wildman–Crippen LogP) is 7.08. The molecule has 0 N–H and O–H groups in total. The van der Waals surface area contributed by atoms with Crippen molar-refractivity contribution < 1.29 is 18.5 Å². The van der Waals surface area contributed by atoms with Crippen LogP contribution in [-0.2, 0) is 13.0 Å². The molecular weight excluding hydrogens is 530 g/mol. The molecule has 0 atom stereocenters. The summed E-state index contributed by atoms with van der Waals surface area (Å²) in [5, 5.41) is 7.77. The fourth-order valence-electron chi connectivity index (χ4n) is 3.99. The molecule has 6 aromatic rings. The van der Waals surface area contributed by atoms with Crippen LogP contribution < -0.4 is 9.47 Å². The first-order chi connectivity index (χ1) is 20.6. The van der Waals surface area contributed by atoms with Crippen molar-refractivity contribution in [1.29, 1.82) is 0 Å². The summed E-state index contributed by atoms with van der Waals surface area (Å²) in [5.41, 5.74) is 4.25. The third kappa shape index (κ3) is 8.34. The smallest absolute Gasteiger partial charge is 0.223 e. The molecule has 3 aromatic heterocycles. The van der Waals surface area contributed by atoms with E-state index in [-0.39, 0.29) is 0 Å². The Hall–Kier alpha value is -5.31. The maximum atomic E-state index is 5.76. The van der Waals surface area contributed by atoms with E-state index >= 15 is 0 Å². The summed E-state index contributed by atoms with van der Waals surface area (Å²) in [4.78, 5) is 12.3. The highest BCUT2D eigenvalue weighted by atomic mass is 16.5. The van der Waals surface area contributed by atoms with Crippen LogP contribution in [0.4, 0.5) is 0 Å². The lowest BCUT2D eigenvalue weighted by atomic mass is 10.1. The molecule has 0 radical (unpaired) electrons. The third-order valence-corrected chi connectivity index (χ3v) is 6.16. The molecule has 0 bridgehead atoms. The molecule has 0 saturated heterocycles. The quantitative estimate of drug-likeness (QED) is 0.162. The van der Waals surface area contributed by atoms with Crippen LogP contribution in [-0.4, -0.2) is 31.9 Å². The number of rotatable bonds is 10. The van der Waals surface area contributed by atoms with Gasteiger partial charge in [0, 0.05) is 37.4 Å². The highest BCUT2D eigenvalue weighted by Gasteiger charge is 2.07. The summed E-state index contributed by atoms with van der Waals surface area (Å²) >= 11 is 0. The topological polar surface area (TPSA) is 109 Å². The molecule has 0 aliphatic carbocycles. The van der Waals surface area contributed by atoms with Crippen LogP contribution in [0.15, 0.2) is 112 Å². The number of pyridine rings is 1. The lowest BCUT2D eigenvalue weighted by Crippen LogP contribution is -1.99. The minimum absolute atomic E-state index is 0.517. The highest BCUT2D eigenvalue weighted by Crippen LogP contribution is 2.21. The van der Waals surface area contributed by atoms with E-state index in [1.165, 1.54) is 5.56 Å². The summed E-state index contributed by atoms with van der Waals surface area (Å²) in [6, 6.07) is 29.6. The summed E-state index contributed by atoms with van der Waals surface area (Å²) in [6.45, 7) is 4.77. The van der Waals surface area contributed by atoms with Crippen molar-refractivity contribution in [3.05, 3.63) is 126 Å². The first-order valence-corrected chi connectivity index (χ1v) is 13.6. The van der Waals surface area contributed by atoms with Gasteiger partial charge in [-0.2, -0.15) is 9.97 Å². The minimum Gasteiger partial charge on any atom is -0.494 e. The molecule has 3 aromatic carbocycles. The zero-order chi connectivity index (χ0) is 29.0. The summed E-state index contributed by atoms with van der Waals surface area (Å²) in [5.74, 6) is 3.97. The molecular formula is C33H31N5O4. The van der Waals surface area contributed by atoms with Crippen LogP contribution in [0.5, 0.6) is 11.5 Å². The van der Waals surface area contributed by atoms with Crippen molar-refractivity contribution in [2.24, 2.45) is 0 Å². The van der Waals surface area contributed by atoms with E-state index in [4.69, 9.17) is 18.5 Å². The van der Waals surface area contributed by atoms with E-state index in [1.54, 1.807) is 26.2 Å². The molecule has 6 rings (SSSR count). The monoisotopic (exact) mass is 561 g/mol. The maximum absolute atomic E-state index is 5.76. The van der Waals surface area contributed by atoms with Crippen molar-refractivity contribution in [1.82, 2.24) is 25.3 Å². The lowest BCUT2D eigenvalue weighted by Gasteiger charge is -2.06. The number of ether oxygens (including phenoxy) is 2. The van der Waals surface area contributed by atoms with E-state index in [1.807, 2.05) is 66.7 Å². The van der Waals surface area contributed by atoms with Gasteiger partial charge < -0.3 is 18.5 Å². The number of aryl methyl sites for hydroxylation is 3.